The molecule has 1 aromatic heterocycles. The van der Waals surface area contributed by atoms with E-state index in [1.54, 1.807) is 0 Å². The molecule has 0 saturated heterocycles. The van der Waals surface area contributed by atoms with Crippen molar-refractivity contribution < 1.29 is 0 Å². The molecule has 1 atom stereocenters. The highest BCUT2D eigenvalue weighted by Crippen LogP contribution is 2.27. The van der Waals surface area contributed by atoms with Crippen LogP contribution in [0.2, 0.25) is 0 Å². The zero-order chi connectivity index (χ0) is 13.8. The van der Waals surface area contributed by atoms with Crippen LogP contribution in [0, 0.1) is 0 Å². The van der Waals surface area contributed by atoms with Crippen LogP contribution < -0.4 is 5.32 Å². The number of hydrogen-bond donors (Lipinski definition) is 2. The van der Waals surface area contributed by atoms with E-state index in [-0.39, 0.29) is 0 Å². The summed E-state index contributed by atoms with van der Waals surface area (Å²) in [5, 5.41) is 5.89. The minimum absolute atomic E-state index is 0.368. The maximum absolute atomic E-state index is 3.46. The summed E-state index contributed by atoms with van der Waals surface area (Å²) in [5.41, 5.74) is 2.54. The lowest BCUT2D eigenvalue weighted by Crippen LogP contribution is -2.18. The number of aromatic amines is 1. The van der Waals surface area contributed by atoms with Crippen molar-refractivity contribution in [3.63, 3.8) is 0 Å². The zero-order valence-electron chi connectivity index (χ0n) is 11.5. The van der Waals surface area contributed by atoms with Crippen molar-refractivity contribution in [3.05, 3.63) is 66.2 Å². The van der Waals surface area contributed by atoms with Crippen LogP contribution in [0.5, 0.6) is 0 Å². The van der Waals surface area contributed by atoms with Gasteiger partial charge in [-0.25, -0.2) is 0 Å². The van der Waals surface area contributed by atoms with Crippen molar-refractivity contribution in [1.29, 1.82) is 0 Å². The molecule has 0 aliphatic carbocycles. The Labute approximate surface area is 123 Å². The first kappa shape index (κ1) is 13.3. The topological polar surface area (TPSA) is 27.8 Å². The van der Waals surface area contributed by atoms with Gasteiger partial charge in [-0.15, -0.1) is 11.8 Å². The number of rotatable bonds is 5. The number of aromatic nitrogens is 1. The molecule has 2 aromatic carbocycles. The summed E-state index contributed by atoms with van der Waals surface area (Å²) in [4.78, 5) is 3.46. The second-order valence-electron chi connectivity index (χ2n) is 4.78. The van der Waals surface area contributed by atoms with Crippen LogP contribution in [0.1, 0.15) is 11.6 Å². The first-order valence-corrected chi connectivity index (χ1v) is 7.78. The van der Waals surface area contributed by atoms with Gasteiger partial charge in [-0.2, -0.15) is 0 Å². The van der Waals surface area contributed by atoms with Gasteiger partial charge in [-0.1, -0.05) is 48.5 Å². The maximum atomic E-state index is 3.46. The number of fused-ring (bicyclic) bond motifs is 1. The summed E-state index contributed by atoms with van der Waals surface area (Å²) < 4.78 is 0. The first-order valence-electron chi connectivity index (χ1n) is 6.79. The quantitative estimate of drug-likeness (QED) is 0.686. The Morgan fingerprint density at radius 2 is 1.80 bits per heavy atom. The molecule has 3 rings (SSSR count). The van der Waals surface area contributed by atoms with E-state index >= 15 is 0 Å². The Morgan fingerprint density at radius 1 is 1.05 bits per heavy atom. The van der Waals surface area contributed by atoms with Crippen LogP contribution in [0.15, 0.2) is 65.7 Å². The summed E-state index contributed by atoms with van der Waals surface area (Å²) in [7, 11) is 2.02. The molecule has 2 N–H and O–H groups in total. The zero-order valence-corrected chi connectivity index (χ0v) is 12.3. The molecule has 1 unspecified atom stereocenters. The number of thioether (sulfide) groups is 1. The summed E-state index contributed by atoms with van der Waals surface area (Å²) in [6.07, 6.45) is 0. The summed E-state index contributed by atoms with van der Waals surface area (Å²) in [5.74, 6) is 1.01. The van der Waals surface area contributed by atoms with E-state index in [1.807, 2.05) is 18.8 Å². The molecule has 0 saturated carbocycles. The molecule has 3 heteroatoms. The molecule has 0 aliphatic heterocycles. The highest BCUT2D eigenvalue weighted by molar-refractivity contribution is 7.99. The lowest BCUT2D eigenvalue weighted by molar-refractivity contribution is 0.661. The van der Waals surface area contributed by atoms with E-state index in [9.17, 15) is 0 Å². The lowest BCUT2D eigenvalue weighted by Gasteiger charge is -2.15. The molecule has 3 aromatic rings. The van der Waals surface area contributed by atoms with E-state index in [4.69, 9.17) is 0 Å². The van der Waals surface area contributed by atoms with Gasteiger partial charge in [0.15, 0.2) is 0 Å². The van der Waals surface area contributed by atoms with Crippen molar-refractivity contribution in [1.82, 2.24) is 10.3 Å². The Balaban J connectivity index is 1.71. The Kier molecular flexibility index (Phi) is 4.09. The fourth-order valence-corrected chi connectivity index (χ4v) is 3.43. The summed E-state index contributed by atoms with van der Waals surface area (Å²) in [6, 6.07) is 21.6. The number of H-pyrrole nitrogens is 1. The monoisotopic (exact) mass is 282 g/mol. The number of para-hydroxylation sites is 1. The number of hydrogen-bond acceptors (Lipinski definition) is 2. The molecule has 0 spiro atoms. The fourth-order valence-electron chi connectivity index (χ4n) is 2.33. The SMILES string of the molecule is CNC(CSc1cc2ccccc2[nH]1)c1ccccc1. The molecule has 20 heavy (non-hydrogen) atoms. The third kappa shape index (κ3) is 2.89. The van der Waals surface area contributed by atoms with Crippen LogP contribution in [0.25, 0.3) is 10.9 Å². The van der Waals surface area contributed by atoms with Crippen molar-refractivity contribution in [2.75, 3.05) is 12.8 Å². The standard InChI is InChI=1S/C17H18N2S/c1-18-16(13-7-3-2-4-8-13)12-20-17-11-14-9-5-6-10-15(14)19-17/h2-11,16,18-19H,12H2,1H3. The molecular formula is C17H18N2S. The fraction of sp³-hybridized carbons (Fsp3) is 0.176. The lowest BCUT2D eigenvalue weighted by atomic mass is 10.1. The summed E-state index contributed by atoms with van der Waals surface area (Å²) in [6.45, 7) is 0. The van der Waals surface area contributed by atoms with E-state index in [2.05, 4.69) is 71.0 Å². The van der Waals surface area contributed by atoms with E-state index in [0.29, 0.717) is 6.04 Å². The Morgan fingerprint density at radius 3 is 2.55 bits per heavy atom. The molecule has 0 aliphatic rings. The number of nitrogens with one attached hydrogen (secondary N) is 2. The van der Waals surface area contributed by atoms with Gasteiger partial charge >= 0.3 is 0 Å². The van der Waals surface area contributed by atoms with Crippen LogP contribution in [0.3, 0.4) is 0 Å². The highest BCUT2D eigenvalue weighted by Gasteiger charge is 2.10. The van der Waals surface area contributed by atoms with Crippen LogP contribution in [0.4, 0.5) is 0 Å². The predicted molar refractivity (Wildman–Crippen MR) is 87.3 cm³/mol. The normalized spacial score (nSPS) is 12.7. The van der Waals surface area contributed by atoms with Crippen molar-refractivity contribution in [3.8, 4) is 0 Å². The second-order valence-corrected chi connectivity index (χ2v) is 5.85. The Bertz CT molecular complexity index is 643. The molecular weight excluding hydrogens is 264 g/mol. The van der Waals surface area contributed by atoms with Crippen molar-refractivity contribution in [2.45, 2.75) is 11.1 Å². The molecule has 0 bridgehead atoms. The largest absolute Gasteiger partial charge is 0.350 e. The minimum atomic E-state index is 0.368. The maximum Gasteiger partial charge on any atom is 0.0733 e. The second kappa shape index (κ2) is 6.16. The third-order valence-corrected chi connectivity index (χ3v) is 4.49. The third-order valence-electron chi connectivity index (χ3n) is 3.46. The van der Waals surface area contributed by atoms with Gasteiger partial charge in [0.05, 0.1) is 5.03 Å². The first-order chi connectivity index (χ1) is 9.86. The van der Waals surface area contributed by atoms with Crippen LogP contribution in [-0.4, -0.2) is 17.8 Å². The van der Waals surface area contributed by atoms with Crippen LogP contribution in [-0.2, 0) is 0 Å². The average molecular weight is 282 g/mol. The van der Waals surface area contributed by atoms with Gasteiger partial charge in [0.25, 0.3) is 0 Å². The van der Waals surface area contributed by atoms with E-state index in [1.165, 1.54) is 21.5 Å². The Hall–Kier alpha value is -1.71. The van der Waals surface area contributed by atoms with Gasteiger partial charge in [-0.3, -0.25) is 0 Å². The smallest absolute Gasteiger partial charge is 0.0733 e. The minimum Gasteiger partial charge on any atom is -0.350 e. The predicted octanol–water partition coefficient (Wildman–Crippen LogP) is 4.22. The van der Waals surface area contributed by atoms with Crippen LogP contribution >= 0.6 is 11.8 Å². The van der Waals surface area contributed by atoms with Gasteiger partial charge in [-0.05, 0) is 24.7 Å². The van der Waals surface area contributed by atoms with Crippen molar-refractivity contribution in [2.24, 2.45) is 0 Å². The van der Waals surface area contributed by atoms with Crippen molar-refractivity contribution >= 4 is 22.7 Å². The van der Waals surface area contributed by atoms with Gasteiger partial charge in [0.2, 0.25) is 0 Å². The molecule has 0 radical (unpaired) electrons. The molecule has 0 fully saturated rings. The highest BCUT2D eigenvalue weighted by atomic mass is 32.2. The van der Waals surface area contributed by atoms with E-state index < -0.39 is 0 Å². The average Bonchev–Trinajstić information content (AvgIpc) is 2.92. The van der Waals surface area contributed by atoms with Gasteiger partial charge < -0.3 is 10.3 Å². The molecule has 0 amide bonds. The van der Waals surface area contributed by atoms with E-state index in [0.717, 1.165) is 5.75 Å². The van der Waals surface area contributed by atoms with Gasteiger partial charge in [0, 0.05) is 22.7 Å². The summed E-state index contributed by atoms with van der Waals surface area (Å²) >= 11 is 1.86. The van der Waals surface area contributed by atoms with Gasteiger partial charge in [0.1, 0.15) is 0 Å². The number of benzene rings is 2. The molecule has 1 heterocycles. The molecule has 2 nitrogen and oxygen atoms in total. The molecule has 102 valence electrons.